The van der Waals surface area contributed by atoms with Crippen molar-refractivity contribution in [2.24, 2.45) is 5.92 Å². The molecular weight excluding hydrogens is 267 g/mol. The minimum absolute atomic E-state index is 0.440. The van der Waals surface area contributed by atoms with Crippen LogP contribution in [0.5, 0.6) is 0 Å². The summed E-state index contributed by atoms with van der Waals surface area (Å²) in [5.74, 6) is 0.574. The van der Waals surface area contributed by atoms with Gasteiger partial charge in [0.15, 0.2) is 0 Å². The van der Waals surface area contributed by atoms with Gasteiger partial charge >= 0.3 is 0 Å². The Morgan fingerprint density at radius 2 is 1.89 bits per heavy atom. The zero-order valence-electron chi connectivity index (χ0n) is 11.5. The Morgan fingerprint density at radius 3 is 2.44 bits per heavy atom. The van der Waals surface area contributed by atoms with E-state index in [0.717, 1.165) is 18.7 Å². The van der Waals surface area contributed by atoms with Crippen LogP contribution in [-0.2, 0) is 6.54 Å². The third kappa shape index (κ3) is 4.77. The van der Waals surface area contributed by atoms with E-state index >= 15 is 0 Å². The van der Waals surface area contributed by atoms with Crippen molar-refractivity contribution < 1.29 is 0 Å². The molecule has 0 aliphatic heterocycles. The molecule has 1 aromatic carbocycles. The first-order chi connectivity index (χ1) is 8.41. The van der Waals surface area contributed by atoms with Crippen molar-refractivity contribution in [1.82, 2.24) is 10.2 Å². The molecule has 1 rings (SSSR count). The van der Waals surface area contributed by atoms with Gasteiger partial charge in [-0.15, -0.1) is 0 Å². The molecule has 102 valence electrons. The van der Waals surface area contributed by atoms with Crippen LogP contribution >= 0.6 is 23.2 Å². The summed E-state index contributed by atoms with van der Waals surface area (Å²) in [6.45, 7) is 6.20. The van der Waals surface area contributed by atoms with Gasteiger partial charge in [-0.1, -0.05) is 49.2 Å². The molecule has 0 heterocycles. The second-order valence-corrected chi connectivity index (χ2v) is 5.99. The lowest BCUT2D eigenvalue weighted by Gasteiger charge is -2.26. The molecule has 0 spiro atoms. The van der Waals surface area contributed by atoms with Gasteiger partial charge in [-0.05, 0) is 31.6 Å². The van der Waals surface area contributed by atoms with Crippen molar-refractivity contribution in [3.8, 4) is 0 Å². The average molecular weight is 289 g/mol. The maximum atomic E-state index is 6.18. The summed E-state index contributed by atoms with van der Waals surface area (Å²) in [6.07, 6.45) is 0. The van der Waals surface area contributed by atoms with Crippen LogP contribution in [-0.4, -0.2) is 31.6 Å². The molecule has 1 aromatic rings. The highest BCUT2D eigenvalue weighted by Crippen LogP contribution is 2.25. The fourth-order valence-corrected chi connectivity index (χ4v) is 2.22. The largest absolute Gasteiger partial charge is 0.308 e. The van der Waals surface area contributed by atoms with E-state index in [9.17, 15) is 0 Å². The van der Waals surface area contributed by atoms with Crippen LogP contribution in [0.25, 0.3) is 0 Å². The lowest BCUT2D eigenvalue weighted by Crippen LogP contribution is -2.41. The van der Waals surface area contributed by atoms with E-state index in [1.54, 1.807) is 0 Å². The van der Waals surface area contributed by atoms with Gasteiger partial charge in [0.1, 0.15) is 0 Å². The summed E-state index contributed by atoms with van der Waals surface area (Å²) in [5, 5.41) is 4.82. The molecular formula is C14H22Cl2N2. The van der Waals surface area contributed by atoms with E-state index in [1.165, 1.54) is 0 Å². The topological polar surface area (TPSA) is 15.3 Å². The molecule has 0 radical (unpaired) electrons. The van der Waals surface area contributed by atoms with Crippen molar-refractivity contribution in [3.63, 3.8) is 0 Å². The highest BCUT2D eigenvalue weighted by molar-refractivity contribution is 6.42. The Balaban J connectivity index is 2.64. The van der Waals surface area contributed by atoms with Crippen molar-refractivity contribution in [1.29, 1.82) is 0 Å². The number of nitrogens with one attached hydrogen (secondary N) is 1. The first-order valence-electron chi connectivity index (χ1n) is 6.22. The molecule has 1 unspecified atom stereocenters. The molecule has 2 nitrogen and oxygen atoms in total. The summed E-state index contributed by atoms with van der Waals surface area (Å²) < 4.78 is 0. The second-order valence-electron chi connectivity index (χ2n) is 5.21. The smallest absolute Gasteiger partial charge is 0.0637 e. The summed E-state index contributed by atoms with van der Waals surface area (Å²) >= 11 is 12.2. The molecule has 0 aliphatic carbocycles. The predicted molar refractivity (Wildman–Crippen MR) is 80.5 cm³/mol. The summed E-state index contributed by atoms with van der Waals surface area (Å²) in [6, 6.07) is 6.19. The minimum atomic E-state index is 0.440. The van der Waals surface area contributed by atoms with Crippen LogP contribution in [0.3, 0.4) is 0 Å². The van der Waals surface area contributed by atoms with Crippen LogP contribution in [0.4, 0.5) is 0 Å². The standard InChI is InChI=1S/C14H22Cl2N2/c1-10(2)13(9-18(3)4)17-8-11-6-5-7-12(15)14(11)16/h5-7,10,13,17H,8-9H2,1-4H3. The van der Waals surface area contributed by atoms with E-state index in [4.69, 9.17) is 23.2 Å². The first-order valence-corrected chi connectivity index (χ1v) is 6.98. The fraction of sp³-hybridized carbons (Fsp3) is 0.571. The van der Waals surface area contributed by atoms with Gasteiger partial charge in [-0.25, -0.2) is 0 Å². The average Bonchev–Trinajstić information content (AvgIpc) is 2.28. The van der Waals surface area contributed by atoms with Crippen LogP contribution < -0.4 is 5.32 Å². The molecule has 0 amide bonds. The quantitative estimate of drug-likeness (QED) is 0.859. The fourth-order valence-electron chi connectivity index (χ4n) is 1.83. The highest BCUT2D eigenvalue weighted by Gasteiger charge is 2.14. The van der Waals surface area contributed by atoms with Crippen LogP contribution in [0.1, 0.15) is 19.4 Å². The third-order valence-electron chi connectivity index (χ3n) is 2.95. The molecule has 1 atom stereocenters. The van der Waals surface area contributed by atoms with Crippen molar-refractivity contribution in [2.45, 2.75) is 26.4 Å². The molecule has 0 saturated carbocycles. The van der Waals surface area contributed by atoms with Gasteiger partial charge in [0.2, 0.25) is 0 Å². The Kier molecular flexibility index (Phi) is 6.44. The molecule has 0 bridgehead atoms. The lowest BCUT2D eigenvalue weighted by molar-refractivity contribution is 0.288. The number of nitrogens with zero attached hydrogens (tertiary/aromatic N) is 1. The zero-order valence-corrected chi connectivity index (χ0v) is 13.0. The molecule has 0 fully saturated rings. The molecule has 4 heteroatoms. The molecule has 0 saturated heterocycles. The van der Waals surface area contributed by atoms with Gasteiger partial charge in [0.05, 0.1) is 10.0 Å². The van der Waals surface area contributed by atoms with Gasteiger partial charge in [-0.2, -0.15) is 0 Å². The SMILES string of the molecule is CC(C)C(CN(C)C)NCc1cccc(Cl)c1Cl. The number of rotatable bonds is 6. The van der Waals surface area contributed by atoms with Crippen LogP contribution in [0, 0.1) is 5.92 Å². The Hall–Kier alpha value is -0.280. The number of hydrogen-bond acceptors (Lipinski definition) is 2. The second kappa shape index (κ2) is 7.34. The summed E-state index contributed by atoms with van der Waals surface area (Å²) in [7, 11) is 4.17. The van der Waals surface area contributed by atoms with Gasteiger partial charge in [0.25, 0.3) is 0 Å². The number of benzene rings is 1. The number of likely N-dealkylation sites (N-methyl/N-ethyl adjacent to an activating group) is 1. The Bertz CT molecular complexity index is 378. The maximum absolute atomic E-state index is 6.18. The molecule has 18 heavy (non-hydrogen) atoms. The van der Waals surface area contributed by atoms with E-state index in [2.05, 4.69) is 38.2 Å². The summed E-state index contributed by atoms with van der Waals surface area (Å²) in [5.41, 5.74) is 1.05. The highest BCUT2D eigenvalue weighted by atomic mass is 35.5. The van der Waals surface area contributed by atoms with Crippen molar-refractivity contribution >= 4 is 23.2 Å². The maximum Gasteiger partial charge on any atom is 0.0637 e. The van der Waals surface area contributed by atoms with Crippen LogP contribution in [0.2, 0.25) is 10.0 Å². The first kappa shape index (κ1) is 15.8. The summed E-state index contributed by atoms with van der Waals surface area (Å²) in [4.78, 5) is 2.19. The molecule has 1 N–H and O–H groups in total. The zero-order chi connectivity index (χ0) is 13.7. The van der Waals surface area contributed by atoms with E-state index in [1.807, 2.05) is 18.2 Å². The molecule has 0 aliphatic rings. The monoisotopic (exact) mass is 288 g/mol. The molecule has 0 aromatic heterocycles. The normalized spacial score (nSPS) is 13.3. The van der Waals surface area contributed by atoms with Crippen LogP contribution in [0.15, 0.2) is 18.2 Å². The van der Waals surface area contributed by atoms with E-state index < -0.39 is 0 Å². The van der Waals surface area contributed by atoms with E-state index in [-0.39, 0.29) is 0 Å². The van der Waals surface area contributed by atoms with Gasteiger partial charge in [-0.3, -0.25) is 0 Å². The van der Waals surface area contributed by atoms with Crippen molar-refractivity contribution in [3.05, 3.63) is 33.8 Å². The van der Waals surface area contributed by atoms with E-state index in [0.29, 0.717) is 22.0 Å². The van der Waals surface area contributed by atoms with Crippen molar-refractivity contribution in [2.75, 3.05) is 20.6 Å². The predicted octanol–water partition coefficient (Wildman–Crippen LogP) is 3.67. The Morgan fingerprint density at radius 1 is 1.22 bits per heavy atom. The lowest BCUT2D eigenvalue weighted by atomic mass is 10.0. The van der Waals surface area contributed by atoms with Gasteiger partial charge < -0.3 is 10.2 Å². The Labute approximate surface area is 120 Å². The number of hydrogen-bond donors (Lipinski definition) is 1. The van der Waals surface area contributed by atoms with Gasteiger partial charge in [0, 0.05) is 19.1 Å². The minimum Gasteiger partial charge on any atom is -0.308 e. The third-order valence-corrected chi connectivity index (χ3v) is 3.81. The number of halogens is 2.